The summed E-state index contributed by atoms with van der Waals surface area (Å²) in [5.74, 6) is 1.21. The number of hydrogen-bond acceptors (Lipinski definition) is 6. The molecule has 0 aliphatic carbocycles. The van der Waals surface area contributed by atoms with Crippen LogP contribution in [-0.2, 0) is 4.79 Å². The van der Waals surface area contributed by atoms with Crippen molar-refractivity contribution >= 4 is 16.9 Å². The van der Waals surface area contributed by atoms with Crippen molar-refractivity contribution in [3.63, 3.8) is 0 Å². The summed E-state index contributed by atoms with van der Waals surface area (Å²) < 4.78 is 22.2. The van der Waals surface area contributed by atoms with Gasteiger partial charge in [0.15, 0.2) is 23.0 Å². The molecule has 1 aliphatic rings. The Morgan fingerprint density at radius 3 is 2.59 bits per heavy atom. The maximum absolute atomic E-state index is 13.0. The SMILES string of the molecule is CC(C)C([NH3+])C(=O)Oc1ccc2c(=O)c(-c3ccc4c(c3)OCCO4)coc2c1. The van der Waals surface area contributed by atoms with Crippen LogP contribution in [0.5, 0.6) is 17.2 Å². The molecule has 0 bridgehead atoms. The van der Waals surface area contributed by atoms with Gasteiger partial charge in [-0.15, -0.1) is 0 Å². The van der Waals surface area contributed by atoms with E-state index in [4.69, 9.17) is 18.6 Å². The smallest absolute Gasteiger partial charge is 0.370 e. The quantitative estimate of drug-likeness (QED) is 0.537. The van der Waals surface area contributed by atoms with Crippen molar-refractivity contribution in [2.75, 3.05) is 13.2 Å². The van der Waals surface area contributed by atoms with E-state index < -0.39 is 12.0 Å². The number of fused-ring (bicyclic) bond motifs is 2. The van der Waals surface area contributed by atoms with E-state index in [2.05, 4.69) is 5.73 Å². The Morgan fingerprint density at radius 1 is 1.07 bits per heavy atom. The molecule has 7 nitrogen and oxygen atoms in total. The average Bonchev–Trinajstić information content (AvgIpc) is 2.73. The second-order valence-corrected chi connectivity index (χ2v) is 7.27. The van der Waals surface area contributed by atoms with E-state index in [1.807, 2.05) is 13.8 Å². The summed E-state index contributed by atoms with van der Waals surface area (Å²) in [5, 5.41) is 0.396. The van der Waals surface area contributed by atoms with Gasteiger partial charge in [0.05, 0.1) is 10.9 Å². The lowest BCUT2D eigenvalue weighted by Gasteiger charge is -2.18. The van der Waals surface area contributed by atoms with E-state index in [1.165, 1.54) is 12.3 Å². The van der Waals surface area contributed by atoms with Gasteiger partial charge < -0.3 is 24.4 Å². The molecule has 0 saturated carbocycles. The van der Waals surface area contributed by atoms with Gasteiger partial charge in [-0.3, -0.25) is 4.79 Å². The van der Waals surface area contributed by atoms with Crippen molar-refractivity contribution in [3.05, 3.63) is 52.9 Å². The summed E-state index contributed by atoms with van der Waals surface area (Å²) in [5.41, 5.74) is 5.07. The Bertz CT molecular complexity index is 1130. The molecule has 1 aromatic heterocycles. The summed E-state index contributed by atoms with van der Waals surface area (Å²) in [6, 6.07) is 9.58. The molecule has 2 aromatic carbocycles. The minimum Gasteiger partial charge on any atom is -0.486 e. The molecular formula is C22H22NO6+. The Kier molecular flexibility index (Phi) is 4.98. The number of esters is 1. The van der Waals surface area contributed by atoms with Crippen LogP contribution in [-0.4, -0.2) is 25.2 Å². The van der Waals surface area contributed by atoms with Gasteiger partial charge in [0.25, 0.3) is 0 Å². The van der Waals surface area contributed by atoms with E-state index in [1.54, 1.807) is 30.3 Å². The normalized spacial score (nSPS) is 14.1. The summed E-state index contributed by atoms with van der Waals surface area (Å²) >= 11 is 0. The first-order valence-corrected chi connectivity index (χ1v) is 9.44. The van der Waals surface area contributed by atoms with Gasteiger partial charge in [0.2, 0.25) is 0 Å². The largest absolute Gasteiger partial charge is 0.486 e. The Morgan fingerprint density at radius 2 is 1.83 bits per heavy atom. The van der Waals surface area contributed by atoms with E-state index in [9.17, 15) is 9.59 Å². The fourth-order valence-electron chi connectivity index (χ4n) is 3.05. The molecule has 150 valence electrons. The van der Waals surface area contributed by atoms with E-state index in [-0.39, 0.29) is 11.3 Å². The van der Waals surface area contributed by atoms with E-state index in [0.29, 0.717) is 52.6 Å². The molecule has 1 aliphatic heterocycles. The molecule has 1 unspecified atom stereocenters. The summed E-state index contributed by atoms with van der Waals surface area (Å²) in [7, 11) is 0. The fraction of sp³-hybridized carbons (Fsp3) is 0.273. The first-order chi connectivity index (χ1) is 13.9. The number of ether oxygens (including phenoxy) is 3. The summed E-state index contributed by atoms with van der Waals surface area (Å²) in [6.07, 6.45) is 1.40. The van der Waals surface area contributed by atoms with Gasteiger partial charge in [0.1, 0.15) is 30.8 Å². The second-order valence-electron chi connectivity index (χ2n) is 7.27. The molecular weight excluding hydrogens is 374 g/mol. The minimum atomic E-state index is -0.477. The van der Waals surface area contributed by atoms with Crippen LogP contribution in [0.2, 0.25) is 0 Å². The van der Waals surface area contributed by atoms with Crippen molar-refractivity contribution in [1.29, 1.82) is 0 Å². The molecule has 2 heterocycles. The molecule has 4 rings (SSSR count). The lowest BCUT2D eigenvalue weighted by atomic mass is 10.0. The van der Waals surface area contributed by atoms with Crippen LogP contribution in [0.1, 0.15) is 13.8 Å². The van der Waals surface area contributed by atoms with Gasteiger partial charge in [-0.25, -0.2) is 4.79 Å². The first kappa shape index (κ1) is 19.0. The third-order valence-electron chi connectivity index (χ3n) is 4.93. The van der Waals surface area contributed by atoms with Crippen LogP contribution < -0.4 is 25.4 Å². The van der Waals surface area contributed by atoms with Crippen LogP contribution in [0.15, 0.2) is 51.9 Å². The Balaban J connectivity index is 1.66. The van der Waals surface area contributed by atoms with Crippen LogP contribution in [0.4, 0.5) is 0 Å². The standard InChI is InChI=1S/C22H21NO6/c1-12(2)20(23)22(25)29-14-4-5-15-18(10-14)28-11-16(21(15)24)13-3-6-17-19(9-13)27-8-7-26-17/h3-6,9-12,20H,7-8,23H2,1-2H3/p+1. The highest BCUT2D eigenvalue weighted by Crippen LogP contribution is 2.34. The number of carbonyl (C=O) groups is 1. The highest BCUT2D eigenvalue weighted by Gasteiger charge is 2.24. The molecule has 7 heteroatoms. The minimum absolute atomic E-state index is 0.0643. The molecule has 1 atom stereocenters. The highest BCUT2D eigenvalue weighted by atomic mass is 16.6. The molecule has 3 aromatic rings. The summed E-state index contributed by atoms with van der Waals surface area (Å²) in [6.45, 7) is 4.77. The van der Waals surface area contributed by atoms with Crippen molar-refractivity contribution in [2.45, 2.75) is 19.9 Å². The van der Waals surface area contributed by atoms with Gasteiger partial charge in [-0.1, -0.05) is 19.9 Å². The maximum atomic E-state index is 13.0. The zero-order valence-corrected chi connectivity index (χ0v) is 16.3. The van der Waals surface area contributed by atoms with Gasteiger partial charge in [0, 0.05) is 12.0 Å². The Labute approximate surface area is 167 Å². The number of carbonyl (C=O) groups excluding carboxylic acids is 1. The third kappa shape index (κ3) is 3.69. The van der Waals surface area contributed by atoms with Crippen molar-refractivity contribution in [1.82, 2.24) is 0 Å². The van der Waals surface area contributed by atoms with Crippen molar-refractivity contribution in [2.24, 2.45) is 5.92 Å². The number of benzene rings is 2. The molecule has 29 heavy (non-hydrogen) atoms. The number of rotatable bonds is 4. The predicted octanol–water partition coefficient (Wildman–Crippen LogP) is 2.40. The van der Waals surface area contributed by atoms with Crippen LogP contribution >= 0.6 is 0 Å². The molecule has 0 radical (unpaired) electrons. The molecule has 0 spiro atoms. The summed E-state index contributed by atoms with van der Waals surface area (Å²) in [4.78, 5) is 25.1. The molecule has 0 amide bonds. The monoisotopic (exact) mass is 396 g/mol. The molecule has 0 fully saturated rings. The number of quaternary nitrogens is 1. The third-order valence-corrected chi connectivity index (χ3v) is 4.93. The van der Waals surface area contributed by atoms with Gasteiger partial charge in [-0.2, -0.15) is 0 Å². The zero-order valence-electron chi connectivity index (χ0n) is 16.3. The molecule has 3 N–H and O–H groups in total. The van der Waals surface area contributed by atoms with Crippen LogP contribution in [0.3, 0.4) is 0 Å². The lowest BCUT2D eigenvalue weighted by molar-refractivity contribution is -0.417. The van der Waals surface area contributed by atoms with E-state index in [0.717, 1.165) is 0 Å². The van der Waals surface area contributed by atoms with Crippen LogP contribution in [0, 0.1) is 5.92 Å². The van der Waals surface area contributed by atoms with Crippen molar-refractivity contribution in [3.8, 4) is 28.4 Å². The Hall–Kier alpha value is -3.32. The first-order valence-electron chi connectivity index (χ1n) is 9.44. The average molecular weight is 396 g/mol. The zero-order chi connectivity index (χ0) is 20.5. The second kappa shape index (κ2) is 7.60. The van der Waals surface area contributed by atoms with E-state index >= 15 is 0 Å². The van der Waals surface area contributed by atoms with Gasteiger partial charge in [-0.05, 0) is 29.8 Å². The number of hydrogen-bond donors (Lipinski definition) is 1. The molecule has 0 saturated heterocycles. The highest BCUT2D eigenvalue weighted by molar-refractivity contribution is 5.84. The lowest BCUT2D eigenvalue weighted by Crippen LogP contribution is -2.68. The predicted molar refractivity (Wildman–Crippen MR) is 106 cm³/mol. The van der Waals surface area contributed by atoms with Gasteiger partial charge >= 0.3 is 5.97 Å². The van der Waals surface area contributed by atoms with Crippen LogP contribution in [0.25, 0.3) is 22.1 Å². The fourth-order valence-corrected chi connectivity index (χ4v) is 3.05. The maximum Gasteiger partial charge on any atom is 0.370 e. The topological polar surface area (TPSA) is 103 Å². The van der Waals surface area contributed by atoms with Crippen molar-refractivity contribution < 1.29 is 29.2 Å².